The Labute approximate surface area is 358 Å². The lowest BCUT2D eigenvalue weighted by molar-refractivity contribution is 0.260. The lowest BCUT2D eigenvalue weighted by atomic mass is 9.88. The highest BCUT2D eigenvalue weighted by Crippen LogP contribution is 2.65. The summed E-state index contributed by atoms with van der Waals surface area (Å²) in [7, 11) is -2.34. The molecule has 294 valence electrons. The topological polar surface area (TPSA) is 30.5 Å². The van der Waals surface area contributed by atoms with Crippen LogP contribution in [0.3, 0.4) is 0 Å². The quantitative estimate of drug-likeness (QED) is 0.169. The van der Waals surface area contributed by atoms with Crippen molar-refractivity contribution in [1.82, 2.24) is 5.09 Å². The van der Waals surface area contributed by atoms with E-state index < -0.39 is 16.4 Å². The molecule has 1 N–H and O–H groups in total. The van der Waals surface area contributed by atoms with Gasteiger partial charge in [0.2, 0.25) is 0 Å². The smallest absolute Gasteiger partial charge is 0.319 e. The Morgan fingerprint density at radius 3 is 1.66 bits per heavy atom. The summed E-state index contributed by atoms with van der Waals surface area (Å²) in [5.74, 6) is 0.872. The standard InChI is InChI=1S/C56H43NO2P2/c1-3-19-41(20-4-1)55(57-61-58-49-33-31-39-17-9-13-25-47(39)53(49)54-48-26-14-10-18-40(48)32-34-50(54)59-61)56(42-21-5-2-6-22-42)60-35-43-29-27-37-15-7-11-23-45(37)51(43)52-44(36-60)30-28-38-16-8-12-24-46(38)52/h1-33,50,55-57H,34-36H2/t50?,55-,56-,61?/m0/s1. The number of rotatable bonds is 6. The van der Waals surface area contributed by atoms with Crippen LogP contribution in [0.25, 0.3) is 55.1 Å². The maximum absolute atomic E-state index is 7.33. The third-order valence-electron chi connectivity index (χ3n) is 13.0. The second-order valence-corrected chi connectivity index (χ2v) is 20.0. The Bertz CT molecular complexity index is 3170. The summed E-state index contributed by atoms with van der Waals surface area (Å²) < 4.78 is 14.6. The van der Waals surface area contributed by atoms with Crippen molar-refractivity contribution in [3.05, 3.63) is 232 Å². The molecule has 3 nitrogen and oxygen atoms in total. The van der Waals surface area contributed by atoms with Gasteiger partial charge in [0.05, 0.1) is 12.1 Å². The summed E-state index contributed by atoms with van der Waals surface area (Å²) in [6.45, 7) is 0. The van der Waals surface area contributed by atoms with E-state index in [1.54, 1.807) is 0 Å². The molecule has 9 aromatic carbocycles. The molecule has 0 saturated carbocycles. The first-order chi connectivity index (χ1) is 30.2. The van der Waals surface area contributed by atoms with E-state index in [2.05, 4.69) is 205 Å². The first-order valence-corrected chi connectivity index (χ1v) is 24.3. The van der Waals surface area contributed by atoms with Crippen LogP contribution in [0.4, 0.5) is 0 Å². The zero-order chi connectivity index (χ0) is 40.3. The van der Waals surface area contributed by atoms with Crippen LogP contribution in [-0.2, 0) is 16.8 Å². The number of nitrogens with one attached hydrogen (secondary N) is 1. The second kappa shape index (κ2) is 15.5. The summed E-state index contributed by atoms with van der Waals surface area (Å²) in [4.78, 5) is 0. The van der Waals surface area contributed by atoms with Crippen molar-refractivity contribution < 1.29 is 9.05 Å². The summed E-state index contributed by atoms with van der Waals surface area (Å²) in [5, 5.41) is 14.3. The van der Waals surface area contributed by atoms with Gasteiger partial charge in [-0.05, 0) is 101 Å². The molecule has 61 heavy (non-hydrogen) atoms. The van der Waals surface area contributed by atoms with E-state index in [0.717, 1.165) is 30.1 Å². The average molecular weight is 824 g/mol. The Morgan fingerprint density at radius 1 is 0.492 bits per heavy atom. The van der Waals surface area contributed by atoms with E-state index in [9.17, 15) is 0 Å². The maximum Gasteiger partial charge on any atom is 0.319 e. The van der Waals surface area contributed by atoms with Gasteiger partial charge in [0.1, 0.15) is 5.75 Å². The fraction of sp³-hybridized carbons (Fsp3) is 0.107. The molecule has 0 bridgehead atoms. The van der Waals surface area contributed by atoms with Crippen LogP contribution in [0.15, 0.2) is 194 Å². The second-order valence-electron chi connectivity index (χ2n) is 16.5. The van der Waals surface area contributed by atoms with Crippen molar-refractivity contribution in [2.45, 2.75) is 36.5 Å². The SMILES string of the molecule is C1=c2ccccc2=C2c3c(ccc4ccccc34)OP(N[C@@H](c3ccccc3)[C@H](c3ccccc3)P3Cc4ccc5ccccc5c4-c4c(ccc5ccccc45)C3)OC2C1. The van der Waals surface area contributed by atoms with E-state index in [1.807, 2.05) is 0 Å². The fourth-order valence-corrected chi connectivity index (χ4v) is 15.0. The summed E-state index contributed by atoms with van der Waals surface area (Å²) in [5.41, 5.74) is 10.7. The predicted molar refractivity (Wildman–Crippen MR) is 256 cm³/mol. The number of hydrogen-bond donors (Lipinski definition) is 1. The Hall–Kier alpha value is -5.92. The van der Waals surface area contributed by atoms with E-state index in [-0.39, 0.29) is 17.8 Å². The van der Waals surface area contributed by atoms with Gasteiger partial charge in [-0.25, -0.2) is 5.09 Å². The fourth-order valence-electron chi connectivity index (χ4n) is 10.3. The molecule has 1 aliphatic carbocycles. The van der Waals surface area contributed by atoms with E-state index in [1.165, 1.54) is 81.7 Å². The lowest BCUT2D eigenvalue weighted by Crippen LogP contribution is -2.36. The highest BCUT2D eigenvalue weighted by Gasteiger charge is 2.40. The third kappa shape index (κ3) is 6.51. The normalized spacial score (nSPS) is 18.0. The van der Waals surface area contributed by atoms with Crippen molar-refractivity contribution >= 4 is 60.4 Å². The van der Waals surface area contributed by atoms with Gasteiger partial charge in [-0.3, -0.25) is 0 Å². The van der Waals surface area contributed by atoms with Gasteiger partial charge in [-0.15, -0.1) is 0 Å². The molecule has 2 aliphatic heterocycles. The van der Waals surface area contributed by atoms with Gasteiger partial charge in [-0.2, -0.15) is 0 Å². The van der Waals surface area contributed by atoms with Gasteiger partial charge in [-0.1, -0.05) is 202 Å². The van der Waals surface area contributed by atoms with Crippen molar-refractivity contribution in [3.63, 3.8) is 0 Å². The van der Waals surface area contributed by atoms with Crippen LogP contribution in [0, 0.1) is 0 Å². The minimum absolute atomic E-state index is 0.1000. The largest absolute Gasteiger partial charge is 0.435 e. The average Bonchev–Trinajstić information content (AvgIpc) is 3.60. The molecule has 2 heterocycles. The molecule has 0 saturated heterocycles. The van der Waals surface area contributed by atoms with Crippen molar-refractivity contribution in [3.8, 4) is 16.9 Å². The lowest BCUT2D eigenvalue weighted by Gasteiger charge is -2.37. The molecule has 2 unspecified atom stereocenters. The van der Waals surface area contributed by atoms with Crippen molar-refractivity contribution in [2.75, 3.05) is 0 Å². The number of fused-ring (bicyclic) bond motifs is 13. The zero-order valence-electron chi connectivity index (χ0n) is 33.6. The van der Waals surface area contributed by atoms with Crippen molar-refractivity contribution in [1.29, 1.82) is 0 Å². The molecule has 9 aromatic rings. The third-order valence-corrected chi connectivity index (χ3v) is 17.1. The molecule has 0 spiro atoms. The predicted octanol–water partition coefficient (Wildman–Crippen LogP) is 13.5. The van der Waals surface area contributed by atoms with Gasteiger partial charge in [0, 0.05) is 16.8 Å². The number of benzene rings is 9. The van der Waals surface area contributed by atoms with E-state index in [0.29, 0.717) is 0 Å². The summed E-state index contributed by atoms with van der Waals surface area (Å²) >= 11 is 0. The monoisotopic (exact) mass is 823 g/mol. The highest BCUT2D eigenvalue weighted by molar-refractivity contribution is 7.56. The molecular formula is C56H43NO2P2. The highest BCUT2D eigenvalue weighted by atomic mass is 31.2. The summed E-state index contributed by atoms with van der Waals surface area (Å²) in [6.07, 6.45) is 4.93. The van der Waals surface area contributed by atoms with Crippen LogP contribution in [0.2, 0.25) is 0 Å². The summed E-state index contributed by atoms with van der Waals surface area (Å²) in [6, 6.07) is 71.5. The number of hydrogen-bond acceptors (Lipinski definition) is 3. The molecule has 0 fully saturated rings. The molecular weight excluding hydrogens is 781 g/mol. The Balaban J connectivity index is 1.03. The maximum atomic E-state index is 7.33. The molecule has 0 radical (unpaired) electrons. The minimum Gasteiger partial charge on any atom is -0.435 e. The van der Waals surface area contributed by atoms with Crippen LogP contribution in [-0.4, -0.2) is 6.10 Å². The van der Waals surface area contributed by atoms with Crippen LogP contribution in [0.1, 0.15) is 45.9 Å². The first-order valence-electron chi connectivity index (χ1n) is 21.3. The van der Waals surface area contributed by atoms with Crippen LogP contribution < -0.4 is 20.0 Å². The van der Waals surface area contributed by atoms with E-state index in [4.69, 9.17) is 9.05 Å². The van der Waals surface area contributed by atoms with Crippen LogP contribution >= 0.6 is 16.4 Å². The zero-order valence-corrected chi connectivity index (χ0v) is 35.4. The molecule has 5 heteroatoms. The first kappa shape index (κ1) is 36.9. The van der Waals surface area contributed by atoms with E-state index >= 15 is 0 Å². The van der Waals surface area contributed by atoms with Crippen LogP contribution in [0.5, 0.6) is 5.75 Å². The molecule has 0 aromatic heterocycles. The molecule has 4 atom stereocenters. The Morgan fingerprint density at radius 2 is 1.02 bits per heavy atom. The molecule has 12 rings (SSSR count). The van der Waals surface area contributed by atoms with Gasteiger partial charge in [0.25, 0.3) is 0 Å². The van der Waals surface area contributed by atoms with Crippen molar-refractivity contribution in [2.24, 2.45) is 0 Å². The van der Waals surface area contributed by atoms with Gasteiger partial charge < -0.3 is 9.05 Å². The molecule has 0 amide bonds. The Kier molecular flexibility index (Phi) is 9.39. The molecule has 3 aliphatic rings. The van der Waals surface area contributed by atoms with Gasteiger partial charge in [0.15, 0.2) is 0 Å². The minimum atomic E-state index is -1.62. The van der Waals surface area contributed by atoms with Gasteiger partial charge >= 0.3 is 8.53 Å².